The topological polar surface area (TPSA) is 109 Å². The molecule has 1 aromatic heterocycles. The average Bonchev–Trinajstić information content (AvgIpc) is 3.45. The number of aromatic nitrogens is 1. The van der Waals surface area contributed by atoms with Gasteiger partial charge in [0.2, 0.25) is 0 Å². The normalized spacial score (nSPS) is 14.8. The van der Waals surface area contributed by atoms with E-state index in [9.17, 15) is 25.0 Å². The second kappa shape index (κ2) is 9.40. The first-order valence-electron chi connectivity index (χ1n) is 10.1. The Labute approximate surface area is 197 Å². The average molecular weight is 481 g/mol. The lowest BCUT2D eigenvalue weighted by Crippen LogP contribution is -2.35. The van der Waals surface area contributed by atoms with E-state index in [0.717, 1.165) is 24.2 Å². The highest BCUT2D eigenvalue weighted by atomic mass is 35.5. The minimum Gasteiger partial charge on any atom is -0.338 e. The number of likely N-dealkylation sites (tertiary alicyclic amines) is 1. The monoisotopic (exact) mass is 480 g/mol. The summed E-state index contributed by atoms with van der Waals surface area (Å²) in [4.78, 5) is 38.7. The zero-order chi connectivity index (χ0) is 23.5. The van der Waals surface area contributed by atoms with Crippen LogP contribution in [0.25, 0.3) is 17.3 Å². The fourth-order valence-electron chi connectivity index (χ4n) is 3.64. The van der Waals surface area contributed by atoms with Crippen molar-refractivity contribution in [2.24, 2.45) is 0 Å². The summed E-state index contributed by atoms with van der Waals surface area (Å²) in [5.41, 5.74) is 0.0995. The lowest BCUT2D eigenvalue weighted by Gasteiger charge is -2.14. The van der Waals surface area contributed by atoms with Crippen LogP contribution in [0, 0.1) is 21.4 Å². The molecule has 0 aliphatic carbocycles. The number of para-hydroxylation sites is 1. The number of hydrogen-bond donors (Lipinski definition) is 0. The van der Waals surface area contributed by atoms with Crippen molar-refractivity contribution in [2.75, 3.05) is 13.1 Å². The van der Waals surface area contributed by atoms with Gasteiger partial charge in [0.25, 0.3) is 17.2 Å². The van der Waals surface area contributed by atoms with Gasteiger partial charge in [-0.15, -0.1) is 11.3 Å². The molecule has 3 aromatic rings. The van der Waals surface area contributed by atoms with Crippen LogP contribution in [0.2, 0.25) is 5.02 Å². The van der Waals surface area contributed by atoms with Gasteiger partial charge in [0.15, 0.2) is 5.57 Å². The number of thiazole rings is 1. The first-order valence-corrected chi connectivity index (χ1v) is 11.3. The number of rotatable bonds is 4. The predicted molar refractivity (Wildman–Crippen MR) is 126 cm³/mol. The fraction of sp³-hybridized carbons (Fsp3) is 0.174. The zero-order valence-corrected chi connectivity index (χ0v) is 18.8. The van der Waals surface area contributed by atoms with Gasteiger partial charge in [-0.2, -0.15) is 5.26 Å². The summed E-state index contributed by atoms with van der Waals surface area (Å²) in [6, 6.07) is 14.9. The third-order valence-electron chi connectivity index (χ3n) is 5.24. The lowest BCUT2D eigenvalue weighted by molar-refractivity contribution is -0.384. The van der Waals surface area contributed by atoms with Crippen LogP contribution in [0.5, 0.6) is 0 Å². The van der Waals surface area contributed by atoms with Crippen LogP contribution in [0.4, 0.5) is 5.69 Å². The maximum absolute atomic E-state index is 13.4. The van der Waals surface area contributed by atoms with Crippen molar-refractivity contribution < 1.29 is 9.72 Å². The molecule has 33 heavy (non-hydrogen) atoms. The van der Waals surface area contributed by atoms with Gasteiger partial charge in [-0.3, -0.25) is 24.3 Å². The van der Waals surface area contributed by atoms with Crippen molar-refractivity contribution in [3.8, 4) is 11.8 Å². The third kappa shape index (κ3) is 4.44. The van der Waals surface area contributed by atoms with E-state index in [2.05, 4.69) is 0 Å². The van der Waals surface area contributed by atoms with Crippen molar-refractivity contribution in [2.45, 2.75) is 12.8 Å². The molecule has 0 saturated carbocycles. The largest absolute Gasteiger partial charge is 0.338 e. The molecule has 10 heteroatoms. The summed E-state index contributed by atoms with van der Waals surface area (Å²) in [5, 5.41) is 21.1. The van der Waals surface area contributed by atoms with Gasteiger partial charge in [-0.1, -0.05) is 35.9 Å². The lowest BCUT2D eigenvalue weighted by atomic mass is 10.2. The second-order valence-corrected chi connectivity index (χ2v) is 8.78. The summed E-state index contributed by atoms with van der Waals surface area (Å²) < 4.78 is 1.79. The van der Waals surface area contributed by atoms with Gasteiger partial charge in [-0.05, 0) is 42.7 Å². The van der Waals surface area contributed by atoms with E-state index in [1.54, 1.807) is 41.3 Å². The minimum atomic E-state index is -0.599. The SMILES string of the molecule is N#C/C(C(=O)N1CCCC1)=c1\s/c(=C/c2ccc(Cl)c([N+](=O)[O-])c2)c(=O)n1-c1ccccc1. The molecular weight excluding hydrogens is 464 g/mol. The molecular formula is C23H17ClN4O4S. The van der Waals surface area contributed by atoms with Crippen molar-refractivity contribution in [1.29, 1.82) is 5.26 Å². The van der Waals surface area contributed by atoms with Crippen LogP contribution in [0.3, 0.4) is 0 Å². The number of nitro benzene ring substituents is 1. The van der Waals surface area contributed by atoms with Crippen LogP contribution in [0.15, 0.2) is 53.3 Å². The number of carbonyl (C=O) groups is 1. The molecule has 0 unspecified atom stereocenters. The molecule has 0 bridgehead atoms. The highest BCUT2D eigenvalue weighted by Crippen LogP contribution is 2.25. The number of halogens is 1. The minimum absolute atomic E-state index is 0.0120. The van der Waals surface area contributed by atoms with Crippen molar-refractivity contribution in [3.63, 3.8) is 0 Å². The van der Waals surface area contributed by atoms with Crippen LogP contribution in [-0.4, -0.2) is 33.4 Å². The van der Waals surface area contributed by atoms with E-state index < -0.39 is 16.4 Å². The Balaban J connectivity index is 2.00. The summed E-state index contributed by atoms with van der Waals surface area (Å²) in [6.07, 6.45) is 3.23. The third-order valence-corrected chi connectivity index (χ3v) is 6.65. The molecule has 1 aliphatic rings. The smallest absolute Gasteiger partial charge is 0.288 e. The van der Waals surface area contributed by atoms with E-state index in [0.29, 0.717) is 24.3 Å². The first kappa shape index (κ1) is 22.5. The van der Waals surface area contributed by atoms with E-state index in [1.807, 2.05) is 6.07 Å². The summed E-state index contributed by atoms with van der Waals surface area (Å²) in [7, 11) is 0. The van der Waals surface area contributed by atoms with Gasteiger partial charge < -0.3 is 4.90 Å². The first-order chi connectivity index (χ1) is 15.9. The van der Waals surface area contributed by atoms with Crippen LogP contribution >= 0.6 is 22.9 Å². The van der Waals surface area contributed by atoms with E-state index in [-0.39, 0.29) is 25.5 Å². The molecule has 1 saturated heterocycles. The summed E-state index contributed by atoms with van der Waals surface area (Å²) in [5.74, 6) is -0.408. The quantitative estimate of drug-likeness (QED) is 0.421. The molecule has 8 nitrogen and oxygen atoms in total. The maximum Gasteiger partial charge on any atom is 0.288 e. The number of carbonyl (C=O) groups excluding carboxylic acids is 1. The molecule has 1 amide bonds. The van der Waals surface area contributed by atoms with Gasteiger partial charge in [-0.25, -0.2) is 0 Å². The highest BCUT2D eigenvalue weighted by molar-refractivity contribution is 7.07. The van der Waals surface area contributed by atoms with Crippen LogP contribution < -0.4 is 14.8 Å². The Kier molecular flexibility index (Phi) is 6.40. The molecule has 2 heterocycles. The second-order valence-electron chi connectivity index (χ2n) is 7.35. The number of hydrogen-bond acceptors (Lipinski definition) is 6. The highest BCUT2D eigenvalue weighted by Gasteiger charge is 2.24. The molecule has 1 fully saturated rings. The maximum atomic E-state index is 13.4. The van der Waals surface area contributed by atoms with Gasteiger partial charge in [0, 0.05) is 19.2 Å². The Morgan fingerprint density at radius 2 is 1.88 bits per heavy atom. The molecule has 1 aliphatic heterocycles. The number of nitriles is 1. The van der Waals surface area contributed by atoms with Gasteiger partial charge >= 0.3 is 0 Å². The van der Waals surface area contributed by atoms with Gasteiger partial charge in [0.05, 0.1) is 15.1 Å². The zero-order valence-electron chi connectivity index (χ0n) is 17.2. The Bertz CT molecular complexity index is 1460. The molecule has 0 atom stereocenters. The fourth-order valence-corrected chi connectivity index (χ4v) is 4.92. The molecule has 166 valence electrons. The standard InChI is InChI=1S/C23H17ClN4O4S/c24-18-9-8-15(12-19(18)28(31)32)13-20-22(30)27(16-6-2-1-3-7-16)23(33-20)17(14-25)21(29)26-10-4-5-11-26/h1-3,6-9,12-13H,4-5,10-11H2/b20-13+,23-17+. The molecule has 2 aromatic carbocycles. The van der Waals surface area contributed by atoms with E-state index >= 15 is 0 Å². The van der Waals surface area contributed by atoms with Crippen molar-refractivity contribution >= 4 is 46.2 Å². The van der Waals surface area contributed by atoms with Crippen LogP contribution in [-0.2, 0) is 4.79 Å². The van der Waals surface area contributed by atoms with E-state index in [1.165, 1.54) is 22.8 Å². The van der Waals surface area contributed by atoms with Crippen molar-refractivity contribution in [3.05, 3.63) is 88.8 Å². The molecule has 4 rings (SSSR count). The predicted octanol–water partition coefficient (Wildman–Crippen LogP) is 2.59. The number of amides is 1. The van der Waals surface area contributed by atoms with Crippen LogP contribution in [0.1, 0.15) is 18.4 Å². The molecule has 0 N–H and O–H groups in total. The number of nitrogens with zero attached hydrogens (tertiary/aromatic N) is 4. The Hall–Kier alpha value is -3.74. The number of nitro groups is 1. The Morgan fingerprint density at radius 3 is 2.52 bits per heavy atom. The molecule has 0 spiro atoms. The van der Waals surface area contributed by atoms with E-state index in [4.69, 9.17) is 11.6 Å². The van der Waals surface area contributed by atoms with Crippen molar-refractivity contribution in [1.82, 2.24) is 9.47 Å². The van der Waals surface area contributed by atoms with Gasteiger partial charge in [0.1, 0.15) is 15.8 Å². The summed E-state index contributed by atoms with van der Waals surface area (Å²) in [6.45, 7) is 1.14. The number of benzene rings is 2. The summed E-state index contributed by atoms with van der Waals surface area (Å²) >= 11 is 6.89. The molecule has 0 radical (unpaired) electrons. The Morgan fingerprint density at radius 1 is 1.18 bits per heavy atom.